The average molecular weight is 353 g/mol. The summed E-state index contributed by atoms with van der Waals surface area (Å²) in [6, 6.07) is 9.52. The maximum Gasteiger partial charge on any atom is 0.161 e. The molecule has 0 bridgehead atoms. The Labute approximate surface area is 130 Å². The van der Waals surface area contributed by atoms with Gasteiger partial charge in [-0.25, -0.2) is 4.39 Å². The lowest BCUT2D eigenvalue weighted by Gasteiger charge is -2.12. The third kappa shape index (κ3) is 4.04. The maximum absolute atomic E-state index is 13.3. The first-order valence-corrected chi connectivity index (χ1v) is 7.05. The predicted octanol–water partition coefficient (Wildman–Crippen LogP) is 4.38. The molecule has 2 rings (SSSR count). The number of methoxy groups -OCH3 is 1. The van der Waals surface area contributed by atoms with Crippen LogP contribution >= 0.6 is 15.9 Å². The zero-order chi connectivity index (χ0) is 15.4. The van der Waals surface area contributed by atoms with Gasteiger partial charge in [-0.05, 0) is 48.9 Å². The third-order valence-electron chi connectivity index (χ3n) is 2.89. The summed E-state index contributed by atoms with van der Waals surface area (Å²) in [4.78, 5) is 11.3. The Morgan fingerprint density at radius 2 is 1.95 bits per heavy atom. The van der Waals surface area contributed by atoms with E-state index in [0.29, 0.717) is 27.1 Å². The van der Waals surface area contributed by atoms with E-state index in [4.69, 9.17) is 9.47 Å². The highest BCUT2D eigenvalue weighted by molar-refractivity contribution is 9.10. The molecule has 0 saturated carbocycles. The van der Waals surface area contributed by atoms with Crippen molar-refractivity contribution in [1.29, 1.82) is 0 Å². The fourth-order valence-electron chi connectivity index (χ4n) is 1.86. The Bertz CT molecular complexity index is 650. The van der Waals surface area contributed by atoms with Crippen LogP contribution in [0.2, 0.25) is 0 Å². The molecule has 0 amide bonds. The van der Waals surface area contributed by atoms with Crippen molar-refractivity contribution >= 4 is 21.7 Å². The van der Waals surface area contributed by atoms with Gasteiger partial charge in [-0.15, -0.1) is 0 Å². The molecule has 0 heterocycles. The normalized spacial score (nSPS) is 10.3. The molecule has 0 spiro atoms. The predicted molar refractivity (Wildman–Crippen MR) is 81.4 cm³/mol. The van der Waals surface area contributed by atoms with Crippen molar-refractivity contribution in [3.05, 3.63) is 57.8 Å². The lowest BCUT2D eigenvalue weighted by Crippen LogP contribution is -2.00. The van der Waals surface area contributed by atoms with Gasteiger partial charge in [-0.1, -0.05) is 15.9 Å². The molecule has 110 valence electrons. The summed E-state index contributed by atoms with van der Waals surface area (Å²) >= 11 is 3.24. The number of ketones is 1. The Morgan fingerprint density at radius 1 is 1.19 bits per heavy atom. The van der Waals surface area contributed by atoms with Gasteiger partial charge in [-0.3, -0.25) is 4.79 Å². The van der Waals surface area contributed by atoms with Gasteiger partial charge in [-0.2, -0.15) is 0 Å². The molecular formula is C16H14BrFO3. The molecule has 0 aliphatic rings. The van der Waals surface area contributed by atoms with E-state index in [9.17, 15) is 9.18 Å². The van der Waals surface area contributed by atoms with Crippen LogP contribution in [-0.4, -0.2) is 12.9 Å². The van der Waals surface area contributed by atoms with Gasteiger partial charge in [0, 0.05) is 10.0 Å². The molecule has 0 N–H and O–H groups in total. The highest BCUT2D eigenvalue weighted by atomic mass is 79.9. The fraction of sp³-hybridized carbons (Fsp3) is 0.188. The van der Waals surface area contributed by atoms with E-state index >= 15 is 0 Å². The summed E-state index contributed by atoms with van der Waals surface area (Å²) in [7, 11) is 1.50. The van der Waals surface area contributed by atoms with E-state index in [1.165, 1.54) is 26.2 Å². The van der Waals surface area contributed by atoms with Crippen LogP contribution in [0.25, 0.3) is 0 Å². The number of Topliss-reactive ketones (excluding diaryl/α,β-unsaturated/α-hetero) is 1. The topological polar surface area (TPSA) is 35.5 Å². The Morgan fingerprint density at radius 3 is 2.57 bits per heavy atom. The zero-order valence-electron chi connectivity index (χ0n) is 11.7. The van der Waals surface area contributed by atoms with Gasteiger partial charge in [0.15, 0.2) is 17.3 Å². The van der Waals surface area contributed by atoms with E-state index in [0.717, 1.165) is 0 Å². The van der Waals surface area contributed by atoms with E-state index < -0.39 is 0 Å². The maximum atomic E-state index is 13.3. The number of benzene rings is 2. The van der Waals surface area contributed by atoms with Gasteiger partial charge in [0.05, 0.1) is 7.11 Å². The molecule has 0 unspecified atom stereocenters. The average Bonchev–Trinajstić information content (AvgIpc) is 2.43. The molecule has 0 aliphatic carbocycles. The highest BCUT2D eigenvalue weighted by Gasteiger charge is 2.09. The number of hydrogen-bond donors (Lipinski definition) is 0. The van der Waals surface area contributed by atoms with Crippen LogP contribution in [0.1, 0.15) is 22.8 Å². The van der Waals surface area contributed by atoms with E-state index in [2.05, 4.69) is 15.9 Å². The molecule has 0 aliphatic heterocycles. The van der Waals surface area contributed by atoms with E-state index in [-0.39, 0.29) is 18.2 Å². The first-order valence-electron chi connectivity index (χ1n) is 6.26. The minimum atomic E-state index is -0.332. The van der Waals surface area contributed by atoms with Crippen LogP contribution in [0.4, 0.5) is 4.39 Å². The minimum Gasteiger partial charge on any atom is -0.493 e. The summed E-state index contributed by atoms with van der Waals surface area (Å²) in [6.45, 7) is 1.69. The Hall–Kier alpha value is -1.88. The van der Waals surface area contributed by atoms with Gasteiger partial charge >= 0.3 is 0 Å². The van der Waals surface area contributed by atoms with Crippen LogP contribution in [0.3, 0.4) is 0 Å². The summed E-state index contributed by atoms with van der Waals surface area (Å²) < 4.78 is 24.8. The molecule has 0 aromatic heterocycles. The molecule has 0 fully saturated rings. The molecule has 21 heavy (non-hydrogen) atoms. The second-order valence-corrected chi connectivity index (χ2v) is 5.40. The van der Waals surface area contributed by atoms with E-state index in [1.807, 2.05) is 0 Å². The largest absolute Gasteiger partial charge is 0.493 e. The van der Waals surface area contributed by atoms with Gasteiger partial charge in [0.1, 0.15) is 12.4 Å². The minimum absolute atomic E-state index is 0.0473. The lowest BCUT2D eigenvalue weighted by atomic mass is 10.1. The molecule has 0 saturated heterocycles. The quantitative estimate of drug-likeness (QED) is 0.749. The number of halogens is 2. The number of carbonyl (C=O) groups excluding carboxylic acids is 1. The van der Waals surface area contributed by atoms with Crippen molar-refractivity contribution in [2.24, 2.45) is 0 Å². The van der Waals surface area contributed by atoms with Crippen LogP contribution in [0.5, 0.6) is 11.5 Å². The zero-order valence-corrected chi connectivity index (χ0v) is 13.2. The summed E-state index contributed by atoms with van der Waals surface area (Å²) in [5, 5.41) is 0. The first-order chi connectivity index (χ1) is 9.99. The van der Waals surface area contributed by atoms with Crippen molar-refractivity contribution in [3.8, 4) is 11.5 Å². The van der Waals surface area contributed by atoms with Crippen molar-refractivity contribution in [3.63, 3.8) is 0 Å². The Balaban J connectivity index is 2.17. The standard InChI is InChI=1S/C16H14BrFO3/c1-10(19)12-3-4-15(16(7-12)20-2)21-9-11-5-13(17)8-14(18)6-11/h3-8H,9H2,1-2H3. The van der Waals surface area contributed by atoms with Crippen molar-refractivity contribution in [2.75, 3.05) is 7.11 Å². The van der Waals surface area contributed by atoms with Crippen molar-refractivity contribution in [1.82, 2.24) is 0 Å². The summed E-state index contributed by atoms with van der Waals surface area (Å²) in [5.41, 5.74) is 1.24. The molecule has 0 radical (unpaired) electrons. The van der Waals surface area contributed by atoms with Crippen molar-refractivity contribution < 1.29 is 18.7 Å². The molecule has 5 heteroatoms. The smallest absolute Gasteiger partial charge is 0.161 e. The first kappa shape index (κ1) is 15.5. The highest BCUT2D eigenvalue weighted by Crippen LogP contribution is 2.29. The van der Waals surface area contributed by atoms with Gasteiger partial charge in [0.25, 0.3) is 0 Å². The van der Waals surface area contributed by atoms with Crippen LogP contribution in [-0.2, 0) is 6.61 Å². The van der Waals surface area contributed by atoms with Crippen LogP contribution in [0.15, 0.2) is 40.9 Å². The third-order valence-corrected chi connectivity index (χ3v) is 3.34. The molecular weight excluding hydrogens is 339 g/mol. The molecule has 2 aromatic carbocycles. The fourth-order valence-corrected chi connectivity index (χ4v) is 2.37. The molecule has 2 aromatic rings. The van der Waals surface area contributed by atoms with E-state index in [1.54, 1.807) is 24.3 Å². The SMILES string of the molecule is COc1cc(C(C)=O)ccc1OCc1cc(F)cc(Br)c1. The number of carbonyl (C=O) groups is 1. The summed E-state index contributed by atoms with van der Waals surface area (Å²) in [6.07, 6.45) is 0. The lowest BCUT2D eigenvalue weighted by molar-refractivity contribution is 0.101. The number of ether oxygens (including phenoxy) is 2. The van der Waals surface area contributed by atoms with Crippen molar-refractivity contribution in [2.45, 2.75) is 13.5 Å². The van der Waals surface area contributed by atoms with Gasteiger partial charge in [0.2, 0.25) is 0 Å². The van der Waals surface area contributed by atoms with Gasteiger partial charge < -0.3 is 9.47 Å². The monoisotopic (exact) mass is 352 g/mol. The molecule has 3 nitrogen and oxygen atoms in total. The second-order valence-electron chi connectivity index (χ2n) is 4.49. The second kappa shape index (κ2) is 6.72. The molecule has 0 atom stereocenters. The van der Waals surface area contributed by atoms with Crippen LogP contribution in [0, 0.1) is 5.82 Å². The Kier molecular flexibility index (Phi) is 4.96. The number of hydrogen-bond acceptors (Lipinski definition) is 3. The van der Waals surface area contributed by atoms with Crippen LogP contribution < -0.4 is 9.47 Å². The summed E-state index contributed by atoms with van der Waals surface area (Å²) in [5.74, 6) is 0.594. The number of rotatable bonds is 5.